The fraction of sp³-hybridized carbons (Fsp3) is 0.346. The van der Waals surface area contributed by atoms with Crippen molar-refractivity contribution in [3.63, 3.8) is 0 Å². The van der Waals surface area contributed by atoms with E-state index < -0.39 is 12.1 Å². The summed E-state index contributed by atoms with van der Waals surface area (Å²) in [6.07, 6.45) is 6.39. The van der Waals surface area contributed by atoms with Crippen molar-refractivity contribution in [2.45, 2.75) is 25.9 Å². The fourth-order valence-corrected chi connectivity index (χ4v) is 9.54. The Morgan fingerprint density at radius 3 is 1.29 bits per heavy atom. The van der Waals surface area contributed by atoms with E-state index in [1.807, 2.05) is 72.2 Å². The molecule has 8 aromatic heterocycles. The summed E-state index contributed by atoms with van der Waals surface area (Å²) in [5.41, 5.74) is 16.6. The summed E-state index contributed by atoms with van der Waals surface area (Å²) in [5, 5.41) is 19.1. The first-order valence-electron chi connectivity index (χ1n) is 25.4. The molecule has 0 aliphatic carbocycles. The molecule has 0 saturated carbocycles. The van der Waals surface area contributed by atoms with Crippen LogP contribution in [0.1, 0.15) is 25.9 Å². The molecule has 12 rings (SSSR count). The predicted molar refractivity (Wildman–Crippen MR) is 287 cm³/mol. The lowest BCUT2D eigenvalue weighted by Gasteiger charge is -2.37. The Balaban J connectivity index is 0.000000165. The second kappa shape index (κ2) is 22.1. The maximum atomic E-state index is 13.5. The average molecular weight is 1060 g/mol. The van der Waals surface area contributed by atoms with Gasteiger partial charge < -0.3 is 58.8 Å². The number of piperazine rings is 2. The van der Waals surface area contributed by atoms with Gasteiger partial charge in [-0.05, 0) is 86.6 Å². The average Bonchev–Trinajstić information content (AvgIpc) is 4.47. The molecule has 0 spiro atoms. The van der Waals surface area contributed by atoms with E-state index in [0.29, 0.717) is 109 Å². The summed E-state index contributed by atoms with van der Waals surface area (Å²) in [4.78, 5) is 53.4. The summed E-state index contributed by atoms with van der Waals surface area (Å²) in [6.45, 7) is 11.1. The summed E-state index contributed by atoms with van der Waals surface area (Å²) in [7, 11) is 3.30. The quantitative estimate of drug-likeness (QED) is 0.126. The normalized spacial score (nSPS) is 14.8. The number of anilines is 4. The minimum atomic E-state index is -0.570. The second-order valence-corrected chi connectivity index (χ2v) is 18.5. The molecule has 2 saturated heterocycles. The lowest BCUT2D eigenvalue weighted by Crippen LogP contribution is -2.50. The van der Waals surface area contributed by atoms with Crippen molar-refractivity contribution >= 4 is 68.4 Å². The molecule has 2 aromatic carbocycles. The van der Waals surface area contributed by atoms with Gasteiger partial charge in [0.2, 0.25) is 35.4 Å². The number of carbonyl (C=O) groups excluding carboxylic acids is 2. The third-order valence-corrected chi connectivity index (χ3v) is 13.7. The maximum absolute atomic E-state index is 13.5. The van der Waals surface area contributed by atoms with Crippen LogP contribution in [0.15, 0.2) is 107 Å². The van der Waals surface area contributed by atoms with E-state index in [0.717, 1.165) is 49.1 Å². The minimum absolute atomic E-state index is 0.0282. The van der Waals surface area contributed by atoms with E-state index in [9.17, 15) is 9.59 Å². The van der Waals surface area contributed by atoms with Crippen LogP contribution in [0.5, 0.6) is 11.5 Å². The van der Waals surface area contributed by atoms with Crippen LogP contribution >= 0.6 is 0 Å². The monoisotopic (exact) mass is 1060 g/mol. The summed E-state index contributed by atoms with van der Waals surface area (Å²) < 4.78 is 38.3. The molecule has 10 heterocycles. The largest absolute Gasteiger partial charge is 0.491 e. The third kappa shape index (κ3) is 10.1. The van der Waals surface area contributed by atoms with E-state index in [2.05, 4.69) is 50.1 Å². The number of benzene rings is 2. The molecule has 0 unspecified atom stereocenters. The van der Waals surface area contributed by atoms with Crippen LogP contribution in [-0.2, 0) is 19.1 Å². The second-order valence-electron chi connectivity index (χ2n) is 18.5. The third-order valence-electron chi connectivity index (χ3n) is 13.7. The van der Waals surface area contributed by atoms with Crippen molar-refractivity contribution in [1.82, 2.24) is 68.5 Å². The zero-order chi connectivity index (χ0) is 53.9. The first kappa shape index (κ1) is 50.8. The highest BCUT2D eigenvalue weighted by Crippen LogP contribution is 2.29. The number of nitrogens with zero attached hydrogens (tertiary/aromatic N) is 16. The number of aromatic nitrogens is 12. The van der Waals surface area contributed by atoms with Crippen molar-refractivity contribution < 1.29 is 37.4 Å². The smallest absolute Gasteiger partial charge is 0.247 e. The molecule has 78 heavy (non-hydrogen) atoms. The van der Waals surface area contributed by atoms with E-state index in [1.165, 1.54) is 9.03 Å². The Labute approximate surface area is 445 Å². The van der Waals surface area contributed by atoms with Crippen molar-refractivity contribution in [3.8, 4) is 34.7 Å². The van der Waals surface area contributed by atoms with E-state index in [4.69, 9.17) is 39.2 Å². The van der Waals surface area contributed by atoms with Gasteiger partial charge in [0.05, 0.1) is 48.9 Å². The molecular weight excluding hydrogens is 1000 g/mol. The van der Waals surface area contributed by atoms with Crippen molar-refractivity contribution in [1.29, 1.82) is 0 Å². The molecule has 0 radical (unpaired) electrons. The Kier molecular flexibility index (Phi) is 14.4. The van der Waals surface area contributed by atoms with Gasteiger partial charge in [0.15, 0.2) is 34.1 Å². The van der Waals surface area contributed by atoms with E-state index in [1.54, 1.807) is 72.8 Å². The number of furan rings is 2. The number of carbonyl (C=O) groups is 2. The van der Waals surface area contributed by atoms with Crippen molar-refractivity contribution in [2.75, 3.05) is 114 Å². The van der Waals surface area contributed by atoms with E-state index >= 15 is 0 Å². The van der Waals surface area contributed by atoms with Crippen molar-refractivity contribution in [3.05, 3.63) is 97.7 Å². The predicted octanol–water partition coefficient (Wildman–Crippen LogP) is 4.50. The summed E-state index contributed by atoms with van der Waals surface area (Å²) in [6, 6.07) is 21.9. The summed E-state index contributed by atoms with van der Waals surface area (Å²) in [5.74, 6) is 3.67. The Bertz CT molecular complexity index is 3410. The number of rotatable bonds is 16. The highest BCUT2D eigenvalue weighted by atomic mass is 16.5. The number of hydrogen-bond donors (Lipinski definition) is 2. The van der Waals surface area contributed by atoms with E-state index in [-0.39, 0.29) is 23.7 Å². The van der Waals surface area contributed by atoms with Gasteiger partial charge in [-0.2, -0.15) is 29.2 Å². The van der Waals surface area contributed by atoms with Crippen LogP contribution in [0, 0.1) is 0 Å². The maximum Gasteiger partial charge on any atom is 0.247 e. The van der Waals surface area contributed by atoms with Gasteiger partial charge in [-0.3, -0.25) is 9.59 Å². The number of amides is 2. The molecule has 2 amide bonds. The molecular formula is C52H58N18O8. The van der Waals surface area contributed by atoms with Crippen LogP contribution < -0.4 is 30.7 Å². The van der Waals surface area contributed by atoms with Gasteiger partial charge in [0.25, 0.3) is 0 Å². The Hall–Kier alpha value is -9.30. The minimum Gasteiger partial charge on any atom is -0.491 e. The molecule has 404 valence electrons. The standard InChI is InChI=1S/2C26H29N9O4/c2*1-17(25(36)33-11-9-32(10-12-33)18-5-7-19(8-6-18)38-15-14-37-2)34-24-20(16-28-34)23-29-22(21-4-3-13-39-21)31-35(23)26(27)30-24/h2*3-8,13,16-17H,9-12,14-15H2,1-2H3,(H2,27,30)/t2*17-/m10/s1. The van der Waals surface area contributed by atoms with Crippen LogP contribution in [-0.4, -0.2) is 173 Å². The zero-order valence-electron chi connectivity index (χ0n) is 43.5. The van der Waals surface area contributed by atoms with Crippen LogP contribution in [0.4, 0.5) is 23.3 Å². The molecule has 26 nitrogen and oxygen atoms in total. The first-order valence-corrected chi connectivity index (χ1v) is 25.4. The number of fused-ring (bicyclic) bond motifs is 6. The molecule has 2 aliphatic rings. The Morgan fingerprint density at radius 1 is 0.538 bits per heavy atom. The topological polar surface area (TPSA) is 284 Å². The van der Waals surface area contributed by atoms with Crippen LogP contribution in [0.2, 0.25) is 0 Å². The molecule has 10 aromatic rings. The number of methoxy groups -OCH3 is 2. The van der Waals surface area contributed by atoms with Gasteiger partial charge in [0.1, 0.15) is 36.8 Å². The van der Waals surface area contributed by atoms with Gasteiger partial charge in [0, 0.05) is 78.0 Å². The molecule has 2 fully saturated rings. The molecule has 2 atom stereocenters. The molecule has 2 aliphatic heterocycles. The van der Waals surface area contributed by atoms with Gasteiger partial charge in [-0.25, -0.2) is 19.3 Å². The van der Waals surface area contributed by atoms with Crippen molar-refractivity contribution in [2.24, 2.45) is 0 Å². The number of hydrogen-bond acceptors (Lipinski definition) is 20. The highest BCUT2D eigenvalue weighted by molar-refractivity contribution is 5.93. The van der Waals surface area contributed by atoms with Gasteiger partial charge in [-0.1, -0.05) is 0 Å². The molecule has 26 heteroatoms. The SMILES string of the molecule is COCCOc1ccc(N2CCN(C(=O)[C@@H](C)n3ncc4c3nc(N)n3nc(-c5ccco5)nc43)CC2)cc1.COCCOc1ccc(N2CCN(C(=O)[C@H](C)n3ncc4c3nc(N)n3nc(-c5ccco5)nc43)CC2)cc1. The highest BCUT2D eigenvalue weighted by Gasteiger charge is 2.31. The van der Waals surface area contributed by atoms with Gasteiger partial charge >= 0.3 is 0 Å². The van der Waals surface area contributed by atoms with Crippen LogP contribution in [0.25, 0.3) is 56.5 Å². The number of nitrogen functional groups attached to an aromatic ring is 2. The van der Waals surface area contributed by atoms with Crippen LogP contribution in [0.3, 0.4) is 0 Å². The Morgan fingerprint density at radius 2 is 0.936 bits per heavy atom. The number of nitrogens with two attached hydrogens (primary N) is 2. The molecule has 0 bridgehead atoms. The molecule has 4 N–H and O–H groups in total. The summed E-state index contributed by atoms with van der Waals surface area (Å²) >= 11 is 0. The zero-order valence-corrected chi connectivity index (χ0v) is 43.5. The lowest BCUT2D eigenvalue weighted by atomic mass is 10.2. The fourth-order valence-electron chi connectivity index (χ4n) is 9.54. The first-order chi connectivity index (χ1) is 38.1. The van der Waals surface area contributed by atoms with Gasteiger partial charge in [-0.15, -0.1) is 10.2 Å². The number of ether oxygens (including phenoxy) is 4. The lowest BCUT2D eigenvalue weighted by molar-refractivity contribution is -0.135.